The van der Waals surface area contributed by atoms with Gasteiger partial charge in [0.05, 0.1) is 18.8 Å². The molecule has 1 saturated carbocycles. The van der Waals surface area contributed by atoms with Gasteiger partial charge in [0.1, 0.15) is 5.54 Å². The molecule has 2 N–H and O–H groups in total. The van der Waals surface area contributed by atoms with E-state index in [4.69, 9.17) is 9.47 Å². The smallest absolute Gasteiger partial charge is 0.323 e. The number of carboxylic acid groups (broad SMARTS) is 1. The highest BCUT2D eigenvalue weighted by molar-refractivity contribution is 5.79. The molecule has 1 aliphatic rings. The molecular formula is C13H25NO4. The zero-order valence-electron chi connectivity index (χ0n) is 11.6. The van der Waals surface area contributed by atoms with Crippen LogP contribution in [0.3, 0.4) is 0 Å². The van der Waals surface area contributed by atoms with Crippen LogP contribution < -0.4 is 5.32 Å². The Morgan fingerprint density at radius 3 is 2.83 bits per heavy atom. The van der Waals surface area contributed by atoms with Gasteiger partial charge in [-0.25, -0.2) is 0 Å². The Labute approximate surface area is 109 Å². The standard InChI is InChI=1S/C13H25NO4/c1-4-14-13(12(15)16)7-6-11(8-13)18-10(3)9-17-5-2/h10-11,14H,4-9H2,1-3H3,(H,15,16). The summed E-state index contributed by atoms with van der Waals surface area (Å²) in [5.41, 5.74) is -0.801. The second-order valence-electron chi connectivity index (χ2n) is 4.89. The van der Waals surface area contributed by atoms with Gasteiger partial charge >= 0.3 is 5.97 Å². The summed E-state index contributed by atoms with van der Waals surface area (Å²) in [6.07, 6.45) is 1.97. The van der Waals surface area contributed by atoms with Gasteiger partial charge in [0.2, 0.25) is 0 Å². The van der Waals surface area contributed by atoms with Crippen LogP contribution >= 0.6 is 0 Å². The molecule has 1 rings (SSSR count). The first-order chi connectivity index (χ1) is 8.54. The molecule has 0 saturated heterocycles. The van der Waals surface area contributed by atoms with E-state index in [-0.39, 0.29) is 12.2 Å². The highest BCUT2D eigenvalue weighted by Crippen LogP contribution is 2.32. The Hall–Kier alpha value is -0.650. The van der Waals surface area contributed by atoms with Gasteiger partial charge in [-0.2, -0.15) is 0 Å². The molecule has 0 spiro atoms. The van der Waals surface area contributed by atoms with E-state index in [1.165, 1.54) is 0 Å². The van der Waals surface area contributed by atoms with Gasteiger partial charge < -0.3 is 19.9 Å². The molecule has 0 radical (unpaired) electrons. The van der Waals surface area contributed by atoms with Gasteiger partial charge in [0.15, 0.2) is 0 Å². The van der Waals surface area contributed by atoms with Crippen LogP contribution in [0.1, 0.15) is 40.0 Å². The van der Waals surface area contributed by atoms with Crippen molar-refractivity contribution in [1.29, 1.82) is 0 Å². The molecule has 1 aliphatic carbocycles. The average molecular weight is 259 g/mol. The van der Waals surface area contributed by atoms with Crippen molar-refractivity contribution in [3.8, 4) is 0 Å². The maximum Gasteiger partial charge on any atom is 0.323 e. The molecule has 1 fully saturated rings. The van der Waals surface area contributed by atoms with Crippen molar-refractivity contribution in [1.82, 2.24) is 5.32 Å². The highest BCUT2D eigenvalue weighted by Gasteiger charge is 2.45. The minimum atomic E-state index is -0.801. The average Bonchev–Trinajstić information content (AvgIpc) is 2.71. The molecule has 0 aromatic carbocycles. The molecule has 3 unspecified atom stereocenters. The van der Waals surface area contributed by atoms with Crippen LogP contribution in [0.15, 0.2) is 0 Å². The third kappa shape index (κ3) is 3.93. The summed E-state index contributed by atoms with van der Waals surface area (Å²) in [6.45, 7) is 7.74. The number of hydrogen-bond donors (Lipinski definition) is 2. The first-order valence-electron chi connectivity index (χ1n) is 6.75. The van der Waals surface area contributed by atoms with Crippen LogP contribution in [0.5, 0.6) is 0 Å². The topological polar surface area (TPSA) is 67.8 Å². The fourth-order valence-electron chi connectivity index (χ4n) is 2.54. The number of ether oxygens (including phenoxy) is 2. The summed E-state index contributed by atoms with van der Waals surface area (Å²) in [6, 6.07) is 0. The van der Waals surface area contributed by atoms with E-state index >= 15 is 0 Å². The van der Waals surface area contributed by atoms with Crippen molar-refractivity contribution in [2.45, 2.75) is 57.8 Å². The number of hydrogen-bond acceptors (Lipinski definition) is 4. The van der Waals surface area contributed by atoms with Crippen molar-refractivity contribution < 1.29 is 19.4 Å². The summed E-state index contributed by atoms with van der Waals surface area (Å²) in [4.78, 5) is 11.4. The molecular weight excluding hydrogens is 234 g/mol. The second kappa shape index (κ2) is 7.07. The number of rotatable bonds is 8. The monoisotopic (exact) mass is 259 g/mol. The molecule has 0 aromatic heterocycles. The predicted octanol–water partition coefficient (Wildman–Crippen LogP) is 1.41. The van der Waals surface area contributed by atoms with E-state index in [1.54, 1.807) is 0 Å². The second-order valence-corrected chi connectivity index (χ2v) is 4.89. The third-order valence-electron chi connectivity index (χ3n) is 3.38. The van der Waals surface area contributed by atoms with Crippen molar-refractivity contribution in [2.24, 2.45) is 0 Å². The van der Waals surface area contributed by atoms with Gasteiger partial charge in [0, 0.05) is 13.0 Å². The van der Waals surface area contributed by atoms with Gasteiger partial charge in [0.25, 0.3) is 0 Å². The fourth-order valence-corrected chi connectivity index (χ4v) is 2.54. The highest BCUT2D eigenvalue weighted by atomic mass is 16.5. The first-order valence-corrected chi connectivity index (χ1v) is 6.75. The van der Waals surface area contributed by atoms with Gasteiger partial charge in [-0.1, -0.05) is 6.92 Å². The normalized spacial score (nSPS) is 29.4. The molecule has 106 valence electrons. The van der Waals surface area contributed by atoms with Gasteiger partial charge in [-0.15, -0.1) is 0 Å². The van der Waals surface area contributed by atoms with Gasteiger partial charge in [-0.05, 0) is 33.2 Å². The lowest BCUT2D eigenvalue weighted by Gasteiger charge is -2.26. The van der Waals surface area contributed by atoms with E-state index in [0.29, 0.717) is 32.6 Å². The minimum absolute atomic E-state index is 0.00982. The third-order valence-corrected chi connectivity index (χ3v) is 3.38. The molecule has 0 aliphatic heterocycles. The number of nitrogens with one attached hydrogen (secondary N) is 1. The van der Waals surface area contributed by atoms with Crippen LogP contribution in [0.25, 0.3) is 0 Å². The molecule has 0 aromatic rings. The zero-order valence-corrected chi connectivity index (χ0v) is 11.6. The van der Waals surface area contributed by atoms with E-state index in [1.807, 2.05) is 20.8 Å². The Balaban J connectivity index is 2.46. The number of likely N-dealkylation sites (N-methyl/N-ethyl adjacent to an activating group) is 1. The van der Waals surface area contributed by atoms with E-state index in [2.05, 4.69) is 5.32 Å². The summed E-state index contributed by atoms with van der Waals surface area (Å²) in [7, 11) is 0. The van der Waals surface area contributed by atoms with Crippen LogP contribution in [0, 0.1) is 0 Å². The van der Waals surface area contributed by atoms with Crippen molar-refractivity contribution in [3.63, 3.8) is 0 Å². The molecule has 0 amide bonds. The lowest BCUT2D eigenvalue weighted by Crippen LogP contribution is -2.50. The summed E-state index contributed by atoms with van der Waals surface area (Å²) >= 11 is 0. The molecule has 0 heterocycles. The summed E-state index contributed by atoms with van der Waals surface area (Å²) in [5, 5.41) is 12.4. The Bertz CT molecular complexity index is 272. The lowest BCUT2D eigenvalue weighted by atomic mass is 9.98. The molecule has 18 heavy (non-hydrogen) atoms. The largest absolute Gasteiger partial charge is 0.480 e. The fraction of sp³-hybridized carbons (Fsp3) is 0.923. The van der Waals surface area contributed by atoms with Crippen LogP contribution in [0.2, 0.25) is 0 Å². The number of carbonyl (C=O) groups is 1. The molecule has 0 bridgehead atoms. The van der Waals surface area contributed by atoms with Gasteiger partial charge in [-0.3, -0.25) is 4.79 Å². The maximum atomic E-state index is 11.4. The quantitative estimate of drug-likeness (QED) is 0.690. The SMILES string of the molecule is CCNC1(C(=O)O)CCC(OC(C)COCC)C1. The van der Waals surface area contributed by atoms with Crippen LogP contribution in [-0.4, -0.2) is 48.6 Å². The minimum Gasteiger partial charge on any atom is -0.480 e. The van der Waals surface area contributed by atoms with Crippen molar-refractivity contribution in [3.05, 3.63) is 0 Å². The first kappa shape index (κ1) is 15.4. The lowest BCUT2D eigenvalue weighted by molar-refractivity contribution is -0.145. The molecule has 5 nitrogen and oxygen atoms in total. The van der Waals surface area contributed by atoms with Crippen molar-refractivity contribution >= 4 is 5.97 Å². The number of carboxylic acids is 1. The Morgan fingerprint density at radius 2 is 2.28 bits per heavy atom. The molecule has 5 heteroatoms. The summed E-state index contributed by atoms with van der Waals surface area (Å²) in [5.74, 6) is -0.770. The zero-order chi connectivity index (χ0) is 13.6. The molecule has 3 atom stereocenters. The summed E-state index contributed by atoms with van der Waals surface area (Å²) < 4.78 is 11.1. The predicted molar refractivity (Wildman–Crippen MR) is 68.7 cm³/mol. The van der Waals surface area contributed by atoms with Crippen LogP contribution in [-0.2, 0) is 14.3 Å². The van der Waals surface area contributed by atoms with Crippen LogP contribution in [0.4, 0.5) is 0 Å². The Morgan fingerprint density at radius 1 is 1.56 bits per heavy atom. The van der Waals surface area contributed by atoms with E-state index in [9.17, 15) is 9.90 Å². The number of aliphatic carboxylic acids is 1. The van der Waals surface area contributed by atoms with E-state index < -0.39 is 11.5 Å². The Kier molecular flexibility index (Phi) is 6.05. The maximum absolute atomic E-state index is 11.4. The van der Waals surface area contributed by atoms with E-state index in [0.717, 1.165) is 6.42 Å². The van der Waals surface area contributed by atoms with Crippen molar-refractivity contribution in [2.75, 3.05) is 19.8 Å².